The number of halogens is 4. The van der Waals surface area contributed by atoms with Gasteiger partial charge in [-0.1, -0.05) is 0 Å². The van der Waals surface area contributed by atoms with Crippen molar-refractivity contribution < 1.29 is 12.3 Å². The van der Waals surface area contributed by atoms with Gasteiger partial charge in [-0.25, -0.2) is 0 Å². The maximum absolute atomic E-state index is 5.01. The van der Waals surface area contributed by atoms with Gasteiger partial charge in [-0.2, -0.15) is 0 Å². The molecular formula is H3Cl4NTi. The summed E-state index contributed by atoms with van der Waals surface area (Å²) in [6.45, 7) is 0. The molecule has 0 radical (unpaired) electrons. The Morgan fingerprint density at radius 2 is 0.833 bits per heavy atom. The number of hydrogen-bond donors (Lipinski definition) is 1. The quantitative estimate of drug-likeness (QED) is 0.608. The first-order chi connectivity index (χ1) is 2.00. The Balaban J connectivity index is 0. The summed E-state index contributed by atoms with van der Waals surface area (Å²) in [5.41, 5.74) is 0. The molecule has 0 aromatic heterocycles. The third kappa shape index (κ3) is 40.5. The Hall–Kier alpha value is 1.83. The molecule has 40 valence electrons. The van der Waals surface area contributed by atoms with Crippen molar-refractivity contribution >= 4 is 37.2 Å². The zero-order chi connectivity index (χ0) is 4.50. The zero-order valence-corrected chi connectivity index (χ0v) is 7.30. The van der Waals surface area contributed by atoms with Gasteiger partial charge < -0.3 is 6.15 Å². The van der Waals surface area contributed by atoms with Gasteiger partial charge >= 0.3 is 49.6 Å². The van der Waals surface area contributed by atoms with Gasteiger partial charge in [0.25, 0.3) is 0 Å². The summed E-state index contributed by atoms with van der Waals surface area (Å²) in [6, 6.07) is 0. The van der Waals surface area contributed by atoms with Crippen LogP contribution in [0.1, 0.15) is 0 Å². The van der Waals surface area contributed by atoms with Gasteiger partial charge in [-0.05, 0) is 0 Å². The van der Waals surface area contributed by atoms with E-state index in [1.807, 2.05) is 0 Å². The van der Waals surface area contributed by atoms with Gasteiger partial charge in [0, 0.05) is 0 Å². The molecule has 0 spiro atoms. The summed E-state index contributed by atoms with van der Waals surface area (Å²) in [5, 5.41) is 0. The average Bonchev–Trinajstić information content (AvgIpc) is 0.722. The summed E-state index contributed by atoms with van der Waals surface area (Å²) in [5.74, 6) is 0. The first kappa shape index (κ1) is 10.8. The van der Waals surface area contributed by atoms with Gasteiger partial charge in [0.1, 0.15) is 0 Å². The van der Waals surface area contributed by atoms with Gasteiger partial charge in [0.15, 0.2) is 0 Å². The van der Waals surface area contributed by atoms with Crippen molar-refractivity contribution in [3.8, 4) is 0 Å². The molecule has 0 aliphatic carbocycles. The van der Waals surface area contributed by atoms with Crippen LogP contribution in [0.4, 0.5) is 0 Å². The summed E-state index contributed by atoms with van der Waals surface area (Å²) >= 11 is -3.11. The summed E-state index contributed by atoms with van der Waals surface area (Å²) < 4.78 is 0. The van der Waals surface area contributed by atoms with Crippen LogP contribution >= 0.6 is 37.2 Å². The first-order valence-electron chi connectivity index (χ1n) is 0.756. The van der Waals surface area contributed by atoms with E-state index in [9.17, 15) is 0 Å². The predicted octanol–water partition coefficient (Wildman–Crippen LogP) is 2.92. The van der Waals surface area contributed by atoms with Crippen molar-refractivity contribution in [2.45, 2.75) is 0 Å². The SMILES string of the molecule is N.[Cl][Ti]([Cl])([Cl])[Cl]. The fourth-order valence-electron chi connectivity index (χ4n) is 0. The van der Waals surface area contributed by atoms with Crippen molar-refractivity contribution in [2.24, 2.45) is 0 Å². The molecule has 0 saturated heterocycles. The summed E-state index contributed by atoms with van der Waals surface area (Å²) in [4.78, 5) is 0. The molecule has 0 aromatic rings. The molecule has 0 saturated carbocycles. The first-order valence-corrected chi connectivity index (χ1v) is 9.35. The predicted molar refractivity (Wildman–Crippen MR) is 28.4 cm³/mol. The van der Waals surface area contributed by atoms with Crippen LogP contribution in [0.25, 0.3) is 0 Å². The molecule has 0 aliphatic heterocycles. The van der Waals surface area contributed by atoms with E-state index in [1.54, 1.807) is 0 Å². The molecule has 0 rings (SSSR count). The molecular weight excluding hydrogens is 204 g/mol. The van der Waals surface area contributed by atoms with Gasteiger partial charge in [0.2, 0.25) is 0 Å². The van der Waals surface area contributed by atoms with Crippen LogP contribution in [0.3, 0.4) is 0 Å². The van der Waals surface area contributed by atoms with Gasteiger partial charge in [0.05, 0.1) is 0 Å². The molecule has 0 aromatic carbocycles. The van der Waals surface area contributed by atoms with Crippen LogP contribution in [-0.2, 0) is 12.3 Å². The second kappa shape index (κ2) is 3.79. The number of rotatable bonds is 0. The molecule has 0 fully saturated rings. The van der Waals surface area contributed by atoms with E-state index in [1.165, 1.54) is 0 Å². The molecule has 0 atom stereocenters. The van der Waals surface area contributed by atoms with Crippen LogP contribution in [-0.4, -0.2) is 0 Å². The fourth-order valence-corrected chi connectivity index (χ4v) is 0. The molecule has 0 heterocycles. The average molecular weight is 207 g/mol. The molecule has 6 heteroatoms. The third-order valence-electron chi connectivity index (χ3n) is 0. The third-order valence-corrected chi connectivity index (χ3v) is 0. The molecule has 0 bridgehead atoms. The molecule has 3 N–H and O–H groups in total. The molecule has 1 nitrogen and oxygen atoms in total. The Kier molecular flexibility index (Phi) is 6.79. The Morgan fingerprint density at radius 1 is 0.833 bits per heavy atom. The topological polar surface area (TPSA) is 35.0 Å². The van der Waals surface area contributed by atoms with E-state index < -0.39 is 12.3 Å². The van der Waals surface area contributed by atoms with Crippen molar-refractivity contribution in [2.75, 3.05) is 0 Å². The Labute approximate surface area is 55.3 Å². The monoisotopic (exact) mass is 205 g/mol. The summed E-state index contributed by atoms with van der Waals surface area (Å²) in [7, 11) is 20.1. The standard InChI is InChI=1S/4ClH.H3N.Ti/h4*1H;1H3;/q;;;;;+4/p-4. The van der Waals surface area contributed by atoms with E-state index in [-0.39, 0.29) is 6.15 Å². The van der Waals surface area contributed by atoms with Crippen LogP contribution in [0.15, 0.2) is 0 Å². The zero-order valence-electron chi connectivity index (χ0n) is 2.72. The Bertz CT molecular complexity index is 23.0. The minimum atomic E-state index is -3.11. The van der Waals surface area contributed by atoms with E-state index >= 15 is 0 Å². The maximum atomic E-state index is 5.01. The molecule has 6 heavy (non-hydrogen) atoms. The second-order valence-corrected chi connectivity index (χ2v) is 15.9. The fraction of sp³-hybridized carbons (Fsp3) is 0. The minimum absolute atomic E-state index is 0. The molecule has 0 amide bonds. The normalized spacial score (nSPS) is 10.0. The Morgan fingerprint density at radius 3 is 0.833 bits per heavy atom. The van der Waals surface area contributed by atoms with Crippen LogP contribution in [0.5, 0.6) is 0 Å². The number of hydrogen-bond acceptors (Lipinski definition) is 1. The van der Waals surface area contributed by atoms with Crippen LogP contribution in [0.2, 0.25) is 0 Å². The van der Waals surface area contributed by atoms with E-state index in [4.69, 9.17) is 37.2 Å². The van der Waals surface area contributed by atoms with Crippen molar-refractivity contribution in [1.82, 2.24) is 6.15 Å². The van der Waals surface area contributed by atoms with Crippen LogP contribution < -0.4 is 6.15 Å². The molecule has 0 unspecified atom stereocenters. The van der Waals surface area contributed by atoms with Crippen molar-refractivity contribution in [3.63, 3.8) is 0 Å². The van der Waals surface area contributed by atoms with E-state index in [2.05, 4.69) is 0 Å². The van der Waals surface area contributed by atoms with Crippen molar-refractivity contribution in [3.05, 3.63) is 0 Å². The van der Waals surface area contributed by atoms with Gasteiger partial charge in [-0.3, -0.25) is 0 Å². The van der Waals surface area contributed by atoms with E-state index in [0.717, 1.165) is 0 Å². The summed E-state index contributed by atoms with van der Waals surface area (Å²) in [6.07, 6.45) is 0. The van der Waals surface area contributed by atoms with E-state index in [0.29, 0.717) is 0 Å². The van der Waals surface area contributed by atoms with Crippen molar-refractivity contribution in [1.29, 1.82) is 0 Å². The van der Waals surface area contributed by atoms with Gasteiger partial charge in [-0.15, -0.1) is 0 Å². The molecule has 0 aliphatic rings. The second-order valence-electron chi connectivity index (χ2n) is 0.429. The van der Waals surface area contributed by atoms with Crippen LogP contribution in [0, 0.1) is 0 Å².